The molecule has 1 aromatic rings. The van der Waals surface area contributed by atoms with Crippen molar-refractivity contribution in [3.8, 4) is 0 Å². The van der Waals surface area contributed by atoms with Crippen molar-refractivity contribution in [1.29, 1.82) is 0 Å². The number of carbonyl (C=O) groups excluding carboxylic acids is 1. The number of alkyl halides is 1. The van der Waals surface area contributed by atoms with E-state index in [1.807, 2.05) is 36.1 Å². The summed E-state index contributed by atoms with van der Waals surface area (Å²) in [5.74, 6) is 0.0948. The Morgan fingerprint density at radius 3 is 2.40 bits per heavy atom. The van der Waals surface area contributed by atoms with Crippen molar-refractivity contribution in [3.05, 3.63) is 29.8 Å². The Morgan fingerprint density at radius 1 is 1.40 bits per heavy atom. The minimum Gasteiger partial charge on any atom is -0.359 e. The van der Waals surface area contributed by atoms with E-state index in [0.29, 0.717) is 12.0 Å². The van der Waals surface area contributed by atoms with Gasteiger partial charge >= 0.3 is 0 Å². The number of carbonyl (C=O) groups is 1. The third-order valence-electron chi connectivity index (χ3n) is 2.28. The molecule has 0 atom stereocenters. The molecule has 3 nitrogen and oxygen atoms in total. The van der Waals surface area contributed by atoms with Gasteiger partial charge in [0.2, 0.25) is 0 Å². The number of halogens is 1. The summed E-state index contributed by atoms with van der Waals surface area (Å²) in [6, 6.07) is 7.51. The lowest BCUT2D eigenvalue weighted by Crippen LogP contribution is -2.29. The maximum Gasteiger partial charge on any atom is 0.173 e. The first-order valence-corrected chi connectivity index (χ1v) is 5.99. The summed E-state index contributed by atoms with van der Waals surface area (Å²) >= 11 is 3.15. The monoisotopic (exact) mass is 270 g/mol. The molecule has 0 amide bonds. The fraction of sp³-hybridized carbons (Fsp3) is 0.364. The second-order valence-electron chi connectivity index (χ2n) is 3.14. The smallest absolute Gasteiger partial charge is 0.173 e. The molecule has 0 aromatic heterocycles. The molecule has 0 heterocycles. The molecular formula is C11H15BrN2O. The van der Waals surface area contributed by atoms with Gasteiger partial charge < -0.3 is 10.6 Å². The molecular weight excluding hydrogens is 256 g/mol. The van der Waals surface area contributed by atoms with Gasteiger partial charge in [-0.05, 0) is 31.2 Å². The van der Waals surface area contributed by atoms with E-state index in [4.69, 9.17) is 5.73 Å². The highest BCUT2D eigenvalue weighted by Gasteiger charge is 2.05. The molecule has 4 heteroatoms. The van der Waals surface area contributed by atoms with Crippen molar-refractivity contribution >= 4 is 27.4 Å². The molecule has 2 N–H and O–H groups in total. The van der Waals surface area contributed by atoms with Crippen LogP contribution in [0.15, 0.2) is 24.3 Å². The van der Waals surface area contributed by atoms with Crippen LogP contribution >= 0.6 is 15.9 Å². The fourth-order valence-corrected chi connectivity index (χ4v) is 1.68. The molecule has 0 aliphatic carbocycles. The first kappa shape index (κ1) is 12.2. The second-order valence-corrected chi connectivity index (χ2v) is 3.70. The van der Waals surface area contributed by atoms with Crippen LogP contribution in [0.2, 0.25) is 0 Å². The molecule has 0 fully saturated rings. The van der Waals surface area contributed by atoms with E-state index in [1.165, 1.54) is 0 Å². The summed E-state index contributed by atoms with van der Waals surface area (Å²) < 4.78 is 0. The number of Topliss-reactive ketones (excluding diaryl/α,β-unsaturated/α-hetero) is 1. The van der Waals surface area contributed by atoms with E-state index >= 15 is 0 Å². The van der Waals surface area contributed by atoms with Crippen LogP contribution in [0.4, 0.5) is 5.69 Å². The third-order valence-corrected chi connectivity index (χ3v) is 2.79. The van der Waals surface area contributed by atoms with Crippen LogP contribution in [0, 0.1) is 0 Å². The van der Waals surface area contributed by atoms with Gasteiger partial charge in [0.25, 0.3) is 0 Å². The highest BCUT2D eigenvalue weighted by atomic mass is 79.9. The van der Waals surface area contributed by atoms with E-state index in [9.17, 15) is 4.79 Å². The highest BCUT2D eigenvalue weighted by molar-refractivity contribution is 9.09. The average Bonchev–Trinajstić information content (AvgIpc) is 2.30. The summed E-state index contributed by atoms with van der Waals surface area (Å²) in [6.07, 6.45) is 0. The maximum absolute atomic E-state index is 11.3. The van der Waals surface area contributed by atoms with Gasteiger partial charge in [0.05, 0.1) is 12.0 Å². The minimum absolute atomic E-state index is 0.0948. The summed E-state index contributed by atoms with van der Waals surface area (Å²) in [4.78, 5) is 13.4. The number of rotatable bonds is 5. The SMILES string of the molecule is CCN(CN)c1ccc(C(=O)CBr)cc1. The Labute approximate surface area is 98.4 Å². The Hall–Kier alpha value is -0.870. The fourth-order valence-electron chi connectivity index (χ4n) is 1.35. The average molecular weight is 271 g/mol. The molecule has 0 saturated heterocycles. The van der Waals surface area contributed by atoms with Gasteiger partial charge in [-0.15, -0.1) is 0 Å². The largest absolute Gasteiger partial charge is 0.359 e. The molecule has 82 valence electrons. The van der Waals surface area contributed by atoms with Crippen LogP contribution in [-0.2, 0) is 0 Å². The predicted octanol–water partition coefficient (Wildman–Crippen LogP) is 2.01. The summed E-state index contributed by atoms with van der Waals surface area (Å²) in [6.45, 7) is 3.40. The van der Waals surface area contributed by atoms with Crippen LogP contribution in [0.5, 0.6) is 0 Å². The topological polar surface area (TPSA) is 46.3 Å². The molecule has 15 heavy (non-hydrogen) atoms. The maximum atomic E-state index is 11.3. The Morgan fingerprint density at radius 2 is 2.00 bits per heavy atom. The van der Waals surface area contributed by atoms with Crippen molar-refractivity contribution in [3.63, 3.8) is 0 Å². The van der Waals surface area contributed by atoms with Gasteiger partial charge in [-0.3, -0.25) is 4.79 Å². The zero-order chi connectivity index (χ0) is 11.3. The Kier molecular flexibility index (Phi) is 4.78. The molecule has 0 radical (unpaired) electrons. The van der Waals surface area contributed by atoms with Crippen molar-refractivity contribution < 1.29 is 4.79 Å². The van der Waals surface area contributed by atoms with Crippen LogP contribution in [-0.4, -0.2) is 24.3 Å². The lowest BCUT2D eigenvalue weighted by Gasteiger charge is -2.20. The van der Waals surface area contributed by atoms with Gasteiger partial charge in [-0.2, -0.15) is 0 Å². The van der Waals surface area contributed by atoms with Crippen LogP contribution in [0.25, 0.3) is 0 Å². The van der Waals surface area contributed by atoms with E-state index in [-0.39, 0.29) is 5.78 Å². The van der Waals surface area contributed by atoms with Crippen molar-refractivity contribution in [2.24, 2.45) is 5.73 Å². The number of nitrogens with two attached hydrogens (primary N) is 1. The molecule has 0 aliphatic heterocycles. The van der Waals surface area contributed by atoms with Crippen molar-refractivity contribution in [2.75, 3.05) is 23.4 Å². The Bertz CT molecular complexity index is 320. The summed E-state index contributed by atoms with van der Waals surface area (Å²) in [7, 11) is 0. The zero-order valence-corrected chi connectivity index (χ0v) is 10.3. The molecule has 0 bridgehead atoms. The minimum atomic E-state index is 0.0948. The van der Waals surface area contributed by atoms with Gasteiger partial charge in [0, 0.05) is 17.8 Å². The molecule has 0 aliphatic rings. The number of ketones is 1. The third kappa shape index (κ3) is 3.04. The van der Waals surface area contributed by atoms with Crippen molar-refractivity contribution in [1.82, 2.24) is 0 Å². The first-order valence-electron chi connectivity index (χ1n) is 4.87. The van der Waals surface area contributed by atoms with Crippen LogP contribution in [0.3, 0.4) is 0 Å². The molecule has 1 rings (SSSR count). The van der Waals surface area contributed by atoms with Gasteiger partial charge in [0.1, 0.15) is 0 Å². The normalized spacial score (nSPS) is 10.1. The highest BCUT2D eigenvalue weighted by Crippen LogP contribution is 2.14. The van der Waals surface area contributed by atoms with Gasteiger partial charge in [0.15, 0.2) is 5.78 Å². The first-order chi connectivity index (χ1) is 7.22. The quantitative estimate of drug-likeness (QED) is 0.506. The molecule has 0 unspecified atom stereocenters. The molecule has 0 saturated carbocycles. The number of benzene rings is 1. The Balaban J connectivity index is 2.84. The van der Waals surface area contributed by atoms with E-state index in [2.05, 4.69) is 15.9 Å². The molecule has 0 spiro atoms. The van der Waals surface area contributed by atoms with Gasteiger partial charge in [-0.1, -0.05) is 15.9 Å². The van der Waals surface area contributed by atoms with E-state index in [1.54, 1.807) is 0 Å². The zero-order valence-electron chi connectivity index (χ0n) is 8.74. The van der Waals surface area contributed by atoms with E-state index in [0.717, 1.165) is 17.8 Å². The number of hydrogen-bond acceptors (Lipinski definition) is 3. The van der Waals surface area contributed by atoms with Crippen LogP contribution < -0.4 is 10.6 Å². The lowest BCUT2D eigenvalue weighted by molar-refractivity contribution is 0.102. The summed E-state index contributed by atoms with van der Waals surface area (Å²) in [5.41, 5.74) is 7.36. The number of anilines is 1. The lowest BCUT2D eigenvalue weighted by atomic mass is 10.1. The number of nitrogens with zero attached hydrogens (tertiary/aromatic N) is 1. The van der Waals surface area contributed by atoms with Gasteiger partial charge in [-0.25, -0.2) is 0 Å². The van der Waals surface area contributed by atoms with E-state index < -0.39 is 0 Å². The summed E-state index contributed by atoms with van der Waals surface area (Å²) in [5, 5.41) is 0.362. The second kappa shape index (κ2) is 5.88. The molecule has 1 aromatic carbocycles. The number of hydrogen-bond donors (Lipinski definition) is 1. The standard InChI is InChI=1S/C11H15BrN2O/c1-2-14(8-13)10-5-3-9(4-6-10)11(15)7-12/h3-6H,2,7-8,13H2,1H3. The van der Waals surface area contributed by atoms with Crippen molar-refractivity contribution in [2.45, 2.75) is 6.92 Å². The predicted molar refractivity (Wildman–Crippen MR) is 66.6 cm³/mol. The van der Waals surface area contributed by atoms with Crippen LogP contribution in [0.1, 0.15) is 17.3 Å².